The molecule has 2 aromatic rings. The molecule has 4 nitrogen and oxygen atoms in total. The lowest BCUT2D eigenvalue weighted by atomic mass is 10.2. The average Bonchev–Trinajstić information content (AvgIpc) is 2.17. The summed E-state index contributed by atoms with van der Waals surface area (Å²) in [5.74, 6) is 0.524. The van der Waals surface area contributed by atoms with E-state index in [2.05, 4.69) is 10.2 Å². The minimum Gasteiger partial charge on any atom is -0.504 e. The molecule has 0 amide bonds. The van der Waals surface area contributed by atoms with Crippen molar-refractivity contribution in [2.24, 2.45) is 0 Å². The van der Waals surface area contributed by atoms with E-state index in [9.17, 15) is 5.11 Å². The lowest BCUT2D eigenvalue weighted by Crippen LogP contribution is -1.86. The third kappa shape index (κ3) is 1.26. The first-order chi connectivity index (χ1) is 6.31. The van der Waals surface area contributed by atoms with Gasteiger partial charge < -0.3 is 9.84 Å². The molecule has 66 valence electrons. The molecular formula is C9H8N2O2. The molecular weight excluding hydrogens is 168 g/mol. The summed E-state index contributed by atoms with van der Waals surface area (Å²) < 4.78 is 4.94. The van der Waals surface area contributed by atoms with Crippen molar-refractivity contribution in [1.29, 1.82) is 0 Å². The first-order valence-electron chi connectivity index (χ1n) is 3.79. The zero-order chi connectivity index (χ0) is 9.26. The van der Waals surface area contributed by atoms with E-state index in [4.69, 9.17) is 4.74 Å². The van der Waals surface area contributed by atoms with Gasteiger partial charge in [-0.25, -0.2) is 0 Å². The van der Waals surface area contributed by atoms with Gasteiger partial charge in [0.25, 0.3) is 0 Å². The maximum Gasteiger partial charge on any atom is 0.162 e. The molecule has 0 atom stereocenters. The first-order valence-corrected chi connectivity index (χ1v) is 3.79. The molecule has 1 aromatic heterocycles. The number of aromatic hydroxyl groups is 1. The summed E-state index contributed by atoms with van der Waals surface area (Å²) in [5.41, 5.74) is 0.706. The zero-order valence-electron chi connectivity index (χ0n) is 7.06. The Kier molecular flexibility index (Phi) is 1.73. The Hall–Kier alpha value is -1.84. The molecule has 1 aromatic carbocycles. The molecule has 0 aliphatic rings. The predicted molar refractivity (Wildman–Crippen MR) is 47.8 cm³/mol. The summed E-state index contributed by atoms with van der Waals surface area (Å²) in [6.07, 6.45) is 1.58. The van der Waals surface area contributed by atoms with Gasteiger partial charge in [-0.3, -0.25) is 0 Å². The van der Waals surface area contributed by atoms with Crippen molar-refractivity contribution in [3.63, 3.8) is 0 Å². The van der Waals surface area contributed by atoms with Crippen LogP contribution in [-0.4, -0.2) is 22.4 Å². The van der Waals surface area contributed by atoms with Gasteiger partial charge >= 0.3 is 0 Å². The van der Waals surface area contributed by atoms with E-state index >= 15 is 0 Å². The van der Waals surface area contributed by atoms with Crippen LogP contribution in [-0.2, 0) is 0 Å². The van der Waals surface area contributed by atoms with Gasteiger partial charge in [0.2, 0.25) is 0 Å². The van der Waals surface area contributed by atoms with Crippen LogP contribution in [0.15, 0.2) is 24.4 Å². The molecule has 0 aliphatic heterocycles. The Morgan fingerprint density at radius 2 is 2.23 bits per heavy atom. The number of methoxy groups -OCH3 is 1. The SMILES string of the molecule is COc1cc2nnccc2cc1O. The van der Waals surface area contributed by atoms with Gasteiger partial charge in [0, 0.05) is 11.5 Å². The molecule has 0 saturated heterocycles. The largest absolute Gasteiger partial charge is 0.504 e. The highest BCUT2D eigenvalue weighted by molar-refractivity contribution is 5.81. The lowest BCUT2D eigenvalue weighted by Gasteiger charge is -2.03. The second-order valence-corrected chi connectivity index (χ2v) is 2.61. The van der Waals surface area contributed by atoms with E-state index in [0.717, 1.165) is 5.39 Å². The van der Waals surface area contributed by atoms with Crippen molar-refractivity contribution in [2.45, 2.75) is 0 Å². The van der Waals surface area contributed by atoms with E-state index in [-0.39, 0.29) is 5.75 Å². The minimum atomic E-state index is 0.114. The Bertz CT molecular complexity index is 443. The second kappa shape index (κ2) is 2.90. The number of aromatic nitrogens is 2. The highest BCUT2D eigenvalue weighted by Gasteiger charge is 2.03. The van der Waals surface area contributed by atoms with Crippen LogP contribution in [0.3, 0.4) is 0 Å². The van der Waals surface area contributed by atoms with Crippen LogP contribution in [0.1, 0.15) is 0 Å². The Morgan fingerprint density at radius 3 is 3.00 bits per heavy atom. The third-order valence-corrected chi connectivity index (χ3v) is 1.81. The van der Waals surface area contributed by atoms with Gasteiger partial charge in [0.1, 0.15) is 0 Å². The standard InChI is InChI=1S/C9H8N2O2/c1-13-9-5-7-6(4-8(9)12)2-3-10-11-7/h2-5,12H,1H3. The number of benzene rings is 1. The number of nitrogens with zero attached hydrogens (tertiary/aromatic N) is 2. The molecule has 1 heterocycles. The number of phenols is 1. The molecule has 0 aliphatic carbocycles. The summed E-state index contributed by atoms with van der Waals surface area (Å²) in [5, 5.41) is 17.9. The monoisotopic (exact) mass is 176 g/mol. The number of phenolic OH excluding ortho intramolecular Hbond substituents is 1. The smallest absolute Gasteiger partial charge is 0.162 e. The van der Waals surface area contributed by atoms with E-state index < -0.39 is 0 Å². The predicted octanol–water partition coefficient (Wildman–Crippen LogP) is 1.34. The molecule has 0 unspecified atom stereocenters. The van der Waals surface area contributed by atoms with Crippen LogP contribution in [0.2, 0.25) is 0 Å². The van der Waals surface area contributed by atoms with Crippen molar-refractivity contribution in [1.82, 2.24) is 10.2 Å². The molecule has 4 heteroatoms. The van der Waals surface area contributed by atoms with E-state index in [0.29, 0.717) is 11.3 Å². The fourth-order valence-corrected chi connectivity index (χ4v) is 1.17. The van der Waals surface area contributed by atoms with Crippen LogP contribution in [0, 0.1) is 0 Å². The van der Waals surface area contributed by atoms with Gasteiger partial charge in [-0.05, 0) is 12.1 Å². The molecule has 0 fully saturated rings. The summed E-state index contributed by atoms with van der Waals surface area (Å²) in [6, 6.07) is 5.03. The van der Waals surface area contributed by atoms with E-state index in [1.54, 1.807) is 24.4 Å². The molecule has 0 saturated carbocycles. The lowest BCUT2D eigenvalue weighted by molar-refractivity contribution is 0.374. The van der Waals surface area contributed by atoms with Crippen molar-refractivity contribution in [2.75, 3.05) is 7.11 Å². The van der Waals surface area contributed by atoms with E-state index in [1.807, 2.05) is 0 Å². The highest BCUT2D eigenvalue weighted by atomic mass is 16.5. The number of ether oxygens (including phenoxy) is 1. The van der Waals surface area contributed by atoms with Crippen molar-refractivity contribution in [3.8, 4) is 11.5 Å². The quantitative estimate of drug-likeness (QED) is 0.712. The maximum atomic E-state index is 9.44. The molecule has 0 radical (unpaired) electrons. The van der Waals surface area contributed by atoms with Crippen LogP contribution < -0.4 is 4.74 Å². The second-order valence-electron chi connectivity index (χ2n) is 2.61. The zero-order valence-corrected chi connectivity index (χ0v) is 7.06. The third-order valence-electron chi connectivity index (χ3n) is 1.81. The fraction of sp³-hybridized carbons (Fsp3) is 0.111. The first kappa shape index (κ1) is 7.79. The number of hydrogen-bond acceptors (Lipinski definition) is 4. The normalized spacial score (nSPS) is 10.2. The fourth-order valence-electron chi connectivity index (χ4n) is 1.17. The Labute approximate surface area is 74.8 Å². The van der Waals surface area contributed by atoms with Crippen molar-refractivity contribution >= 4 is 10.9 Å². The number of hydrogen-bond donors (Lipinski definition) is 1. The maximum absolute atomic E-state index is 9.44. The summed E-state index contributed by atoms with van der Waals surface area (Å²) >= 11 is 0. The van der Waals surface area contributed by atoms with Crippen LogP contribution in [0.25, 0.3) is 10.9 Å². The molecule has 2 rings (SSSR count). The van der Waals surface area contributed by atoms with Crippen LogP contribution >= 0.6 is 0 Å². The molecule has 0 bridgehead atoms. The topological polar surface area (TPSA) is 55.2 Å². The highest BCUT2D eigenvalue weighted by Crippen LogP contribution is 2.29. The Morgan fingerprint density at radius 1 is 1.38 bits per heavy atom. The van der Waals surface area contributed by atoms with Crippen LogP contribution in [0.4, 0.5) is 0 Å². The van der Waals surface area contributed by atoms with Crippen LogP contribution in [0.5, 0.6) is 11.5 Å². The van der Waals surface area contributed by atoms with Crippen molar-refractivity contribution in [3.05, 3.63) is 24.4 Å². The molecule has 1 N–H and O–H groups in total. The summed E-state index contributed by atoms with van der Waals surface area (Å²) in [7, 11) is 1.50. The van der Waals surface area contributed by atoms with Gasteiger partial charge in [-0.1, -0.05) is 0 Å². The molecule has 13 heavy (non-hydrogen) atoms. The van der Waals surface area contributed by atoms with Gasteiger partial charge in [0.05, 0.1) is 18.8 Å². The van der Waals surface area contributed by atoms with Gasteiger partial charge in [-0.15, -0.1) is 0 Å². The number of fused-ring (bicyclic) bond motifs is 1. The van der Waals surface area contributed by atoms with E-state index in [1.165, 1.54) is 7.11 Å². The van der Waals surface area contributed by atoms with Crippen molar-refractivity contribution < 1.29 is 9.84 Å². The Balaban J connectivity index is 2.74. The van der Waals surface area contributed by atoms with Gasteiger partial charge in [-0.2, -0.15) is 10.2 Å². The number of rotatable bonds is 1. The minimum absolute atomic E-state index is 0.114. The average molecular weight is 176 g/mol. The van der Waals surface area contributed by atoms with Gasteiger partial charge in [0.15, 0.2) is 11.5 Å². The summed E-state index contributed by atoms with van der Waals surface area (Å²) in [4.78, 5) is 0. The molecule has 0 spiro atoms. The summed E-state index contributed by atoms with van der Waals surface area (Å²) in [6.45, 7) is 0.